The van der Waals surface area contributed by atoms with Crippen LogP contribution in [0.4, 0.5) is 24.7 Å². The molecular weight excluding hydrogens is 533 g/mol. The van der Waals surface area contributed by atoms with Gasteiger partial charge in [-0.2, -0.15) is 22.7 Å². The van der Waals surface area contributed by atoms with Crippen molar-refractivity contribution in [1.29, 1.82) is 5.26 Å². The number of aromatic nitrogens is 3. The van der Waals surface area contributed by atoms with E-state index in [9.17, 15) is 21.6 Å². The summed E-state index contributed by atoms with van der Waals surface area (Å²) in [5.41, 5.74) is 0.928. The second kappa shape index (κ2) is 11.1. The van der Waals surface area contributed by atoms with Gasteiger partial charge in [-0.1, -0.05) is 12.1 Å². The fourth-order valence-corrected chi connectivity index (χ4v) is 4.88. The molecule has 0 aliphatic rings. The van der Waals surface area contributed by atoms with Crippen molar-refractivity contribution in [3.8, 4) is 23.1 Å². The van der Waals surface area contributed by atoms with E-state index in [4.69, 9.17) is 10.00 Å². The number of rotatable bonds is 9. The molecule has 0 spiro atoms. The lowest BCUT2D eigenvalue weighted by molar-refractivity contribution is -0.137. The average molecular weight is 557 g/mol. The summed E-state index contributed by atoms with van der Waals surface area (Å²) in [6.45, 7) is 0.132. The lowest BCUT2D eigenvalue weighted by Gasteiger charge is -2.19. The first kappa shape index (κ1) is 27.6. The number of ether oxygens (including phenoxy) is 1. The van der Waals surface area contributed by atoms with Gasteiger partial charge in [-0.25, -0.2) is 18.4 Å². The molecule has 0 saturated heterocycles. The predicted octanol–water partition coefficient (Wildman–Crippen LogP) is 5.06. The first-order valence-electron chi connectivity index (χ1n) is 11.4. The highest BCUT2D eigenvalue weighted by Crippen LogP contribution is 2.34. The molecule has 0 fully saturated rings. The van der Waals surface area contributed by atoms with Gasteiger partial charge in [-0.05, 0) is 48.0 Å². The van der Waals surface area contributed by atoms with Gasteiger partial charge in [0.05, 0.1) is 35.7 Å². The van der Waals surface area contributed by atoms with E-state index < -0.39 is 21.8 Å². The van der Waals surface area contributed by atoms with Crippen molar-refractivity contribution in [1.82, 2.24) is 18.8 Å². The van der Waals surface area contributed by atoms with Crippen LogP contribution in [0.3, 0.4) is 0 Å². The largest absolute Gasteiger partial charge is 0.497 e. The topological polar surface area (TPSA) is 113 Å². The van der Waals surface area contributed by atoms with Crippen molar-refractivity contribution < 1.29 is 26.3 Å². The normalized spacial score (nSPS) is 11.8. The third-order valence-corrected chi connectivity index (χ3v) is 7.58. The third-order valence-electron chi connectivity index (χ3n) is 5.78. The van der Waals surface area contributed by atoms with Crippen LogP contribution in [0.2, 0.25) is 0 Å². The minimum absolute atomic E-state index is 0.0192. The van der Waals surface area contributed by atoms with E-state index in [0.29, 0.717) is 28.9 Å². The second-order valence-electron chi connectivity index (χ2n) is 8.46. The first-order chi connectivity index (χ1) is 18.5. The molecule has 0 bridgehead atoms. The maximum Gasteiger partial charge on any atom is 0.417 e. The van der Waals surface area contributed by atoms with E-state index in [-0.39, 0.29) is 23.8 Å². The van der Waals surface area contributed by atoms with Gasteiger partial charge in [0.25, 0.3) is 0 Å². The van der Waals surface area contributed by atoms with Gasteiger partial charge in [0.2, 0.25) is 10.0 Å². The fourth-order valence-electron chi connectivity index (χ4n) is 3.70. The summed E-state index contributed by atoms with van der Waals surface area (Å²) >= 11 is 0. The van der Waals surface area contributed by atoms with Gasteiger partial charge in [0.1, 0.15) is 18.1 Å². The van der Waals surface area contributed by atoms with Crippen molar-refractivity contribution in [2.45, 2.75) is 24.2 Å². The lowest BCUT2D eigenvalue weighted by atomic mass is 10.1. The van der Waals surface area contributed by atoms with Crippen molar-refractivity contribution in [2.24, 2.45) is 0 Å². The summed E-state index contributed by atoms with van der Waals surface area (Å²) in [4.78, 5) is 8.10. The molecule has 9 nitrogen and oxygen atoms in total. The summed E-state index contributed by atoms with van der Waals surface area (Å²) < 4.78 is 73.5. The number of hydrogen-bond donors (Lipinski definition) is 1. The van der Waals surface area contributed by atoms with Gasteiger partial charge < -0.3 is 14.6 Å². The molecule has 0 aliphatic heterocycles. The Bertz CT molecular complexity index is 1600. The molecule has 2 heterocycles. The van der Waals surface area contributed by atoms with Crippen LogP contribution in [0, 0.1) is 11.3 Å². The molecule has 0 amide bonds. The Morgan fingerprint density at radius 1 is 1.10 bits per heavy atom. The molecule has 0 saturated carbocycles. The molecule has 202 valence electrons. The molecular formula is C26H23F3N6O3S. The molecule has 2 aromatic carbocycles. The van der Waals surface area contributed by atoms with Gasteiger partial charge >= 0.3 is 6.18 Å². The van der Waals surface area contributed by atoms with Crippen LogP contribution in [0.1, 0.15) is 11.1 Å². The molecule has 13 heteroatoms. The molecule has 4 aromatic rings. The van der Waals surface area contributed by atoms with E-state index in [1.807, 2.05) is 6.07 Å². The number of alkyl halides is 3. The number of halogens is 3. The fraction of sp³-hybridized carbons (Fsp3) is 0.192. The van der Waals surface area contributed by atoms with Crippen LogP contribution >= 0.6 is 0 Å². The number of benzene rings is 2. The Morgan fingerprint density at radius 2 is 1.85 bits per heavy atom. The summed E-state index contributed by atoms with van der Waals surface area (Å²) in [6.07, 6.45) is -0.828. The number of pyridine rings is 1. The number of imidazole rings is 1. The van der Waals surface area contributed by atoms with Crippen LogP contribution in [0.25, 0.3) is 11.3 Å². The van der Waals surface area contributed by atoms with Crippen molar-refractivity contribution in [3.63, 3.8) is 0 Å². The Kier molecular flexibility index (Phi) is 7.89. The number of nitrogens with one attached hydrogen (secondary N) is 1. The summed E-state index contributed by atoms with van der Waals surface area (Å²) in [7, 11) is -0.954. The summed E-state index contributed by atoms with van der Waals surface area (Å²) in [6, 6.07) is 15.4. The maximum atomic E-state index is 13.4. The Balaban J connectivity index is 1.68. The SMILES string of the molecule is COc1ccc(CN(C)S(=O)(=O)c2ccc(Nc3ccc(C(F)(F)F)cn3)c(-c3cn(CC#N)cn3)c2)cc1. The molecule has 4 rings (SSSR count). The zero-order chi connectivity index (χ0) is 28.2. The molecule has 0 unspecified atom stereocenters. The number of methoxy groups -OCH3 is 1. The molecule has 2 aromatic heterocycles. The zero-order valence-electron chi connectivity index (χ0n) is 20.8. The highest BCUT2D eigenvalue weighted by atomic mass is 32.2. The van der Waals surface area contributed by atoms with E-state index in [2.05, 4.69) is 15.3 Å². The minimum Gasteiger partial charge on any atom is -0.497 e. The maximum absolute atomic E-state index is 13.4. The number of nitrogens with zero attached hydrogens (tertiary/aromatic N) is 5. The lowest BCUT2D eigenvalue weighted by Crippen LogP contribution is -2.26. The highest BCUT2D eigenvalue weighted by molar-refractivity contribution is 7.89. The van der Waals surface area contributed by atoms with E-state index in [0.717, 1.165) is 11.6 Å². The van der Waals surface area contributed by atoms with Crippen LogP contribution in [0.5, 0.6) is 5.75 Å². The quantitative estimate of drug-likeness (QED) is 0.307. The third kappa shape index (κ3) is 6.36. The Morgan fingerprint density at radius 3 is 2.46 bits per heavy atom. The first-order valence-corrected chi connectivity index (χ1v) is 12.9. The Hall–Kier alpha value is -4.41. The van der Waals surface area contributed by atoms with Crippen LogP contribution in [-0.2, 0) is 29.3 Å². The highest BCUT2D eigenvalue weighted by Gasteiger charge is 2.30. The van der Waals surface area contributed by atoms with Gasteiger partial charge in [-0.15, -0.1) is 0 Å². The predicted molar refractivity (Wildman–Crippen MR) is 137 cm³/mol. The molecule has 39 heavy (non-hydrogen) atoms. The van der Waals surface area contributed by atoms with Gasteiger partial charge in [0, 0.05) is 37.2 Å². The number of hydrogen-bond acceptors (Lipinski definition) is 7. The summed E-state index contributed by atoms with van der Waals surface area (Å²) in [5, 5.41) is 11.9. The van der Waals surface area contributed by atoms with E-state index in [1.165, 1.54) is 46.5 Å². The van der Waals surface area contributed by atoms with Crippen molar-refractivity contribution in [3.05, 3.63) is 84.4 Å². The van der Waals surface area contributed by atoms with Crippen LogP contribution < -0.4 is 10.1 Å². The molecule has 0 atom stereocenters. The molecule has 1 N–H and O–H groups in total. The van der Waals surface area contributed by atoms with Gasteiger partial charge in [0.15, 0.2) is 0 Å². The van der Waals surface area contributed by atoms with Crippen molar-refractivity contribution in [2.75, 3.05) is 19.5 Å². The van der Waals surface area contributed by atoms with Crippen molar-refractivity contribution >= 4 is 21.5 Å². The average Bonchev–Trinajstić information content (AvgIpc) is 3.37. The monoisotopic (exact) mass is 556 g/mol. The summed E-state index contributed by atoms with van der Waals surface area (Å²) in [5.74, 6) is 0.767. The number of sulfonamides is 1. The van der Waals surface area contributed by atoms with Crippen LogP contribution in [0.15, 0.2) is 78.2 Å². The zero-order valence-corrected chi connectivity index (χ0v) is 21.7. The minimum atomic E-state index is -4.53. The standard InChI is InChI=1S/C26H23F3N6O3S/c1-34(15-18-3-6-20(38-2)7-4-18)39(36,37)21-8-9-23(22(13-21)24-16-35(12-11-30)17-32-24)33-25-10-5-19(14-31-25)26(27,28)29/h3-10,13-14,16-17H,12,15H2,1-2H3,(H,31,33). The van der Waals surface area contributed by atoms with E-state index >= 15 is 0 Å². The van der Waals surface area contributed by atoms with Crippen LogP contribution in [-0.4, -0.2) is 41.4 Å². The molecule has 0 radical (unpaired) electrons. The number of anilines is 2. The van der Waals surface area contributed by atoms with Gasteiger partial charge in [-0.3, -0.25) is 0 Å². The number of nitriles is 1. The van der Waals surface area contributed by atoms with E-state index in [1.54, 1.807) is 37.6 Å². The Labute approximate surface area is 223 Å². The molecule has 0 aliphatic carbocycles. The second-order valence-corrected chi connectivity index (χ2v) is 10.5. The smallest absolute Gasteiger partial charge is 0.417 e.